The van der Waals surface area contributed by atoms with Crippen LogP contribution in [-0.4, -0.2) is 70.0 Å². The summed E-state index contributed by atoms with van der Waals surface area (Å²) in [6.07, 6.45) is 6.32. The minimum Gasteiger partial charge on any atom is -0.368 e. The van der Waals surface area contributed by atoms with E-state index in [1.54, 1.807) is 13.3 Å². The summed E-state index contributed by atoms with van der Waals surface area (Å²) in [6, 6.07) is 14.7. The molecule has 8 heteroatoms. The Balaban J connectivity index is 1.28. The monoisotopic (exact) mass is 495 g/mol. The molecule has 0 spiro atoms. The summed E-state index contributed by atoms with van der Waals surface area (Å²) >= 11 is 0. The molecule has 1 saturated heterocycles. The third kappa shape index (κ3) is 5.53. The molecule has 4 aromatic rings. The number of rotatable bonds is 7. The molecule has 1 amide bonds. The van der Waals surface area contributed by atoms with Crippen molar-refractivity contribution < 1.29 is 4.79 Å². The maximum Gasteiger partial charge on any atom is 0.219 e. The number of fused-ring (bicyclic) bond motifs is 1. The van der Waals surface area contributed by atoms with E-state index >= 15 is 0 Å². The van der Waals surface area contributed by atoms with Crippen LogP contribution in [0.25, 0.3) is 22.2 Å². The Kier molecular flexibility index (Phi) is 7.25. The fourth-order valence-corrected chi connectivity index (χ4v) is 4.89. The molecule has 37 heavy (non-hydrogen) atoms. The fourth-order valence-electron chi connectivity index (χ4n) is 4.89. The van der Waals surface area contributed by atoms with Gasteiger partial charge < -0.3 is 14.7 Å². The van der Waals surface area contributed by atoms with Gasteiger partial charge in [0, 0.05) is 80.9 Å². The van der Waals surface area contributed by atoms with Crippen molar-refractivity contribution in [1.82, 2.24) is 24.8 Å². The Bertz CT molecular complexity index is 1380. The van der Waals surface area contributed by atoms with Crippen molar-refractivity contribution in [2.75, 3.05) is 49.1 Å². The summed E-state index contributed by atoms with van der Waals surface area (Å²) in [5, 5.41) is 1.05. The van der Waals surface area contributed by atoms with Gasteiger partial charge in [0.05, 0.1) is 11.2 Å². The lowest BCUT2D eigenvalue weighted by molar-refractivity contribution is -0.129. The van der Waals surface area contributed by atoms with Crippen molar-refractivity contribution in [1.29, 1.82) is 0 Å². The lowest BCUT2D eigenvalue weighted by atomic mass is 10.1. The molecule has 1 aliphatic heterocycles. The summed E-state index contributed by atoms with van der Waals surface area (Å²) in [4.78, 5) is 36.4. The molecule has 190 valence electrons. The van der Waals surface area contributed by atoms with Crippen molar-refractivity contribution >= 4 is 28.3 Å². The summed E-state index contributed by atoms with van der Waals surface area (Å²) in [7, 11) is 0. The zero-order valence-electron chi connectivity index (χ0n) is 21.8. The zero-order valence-corrected chi connectivity index (χ0v) is 21.8. The second kappa shape index (κ2) is 10.9. The van der Waals surface area contributed by atoms with Gasteiger partial charge in [0.2, 0.25) is 5.91 Å². The summed E-state index contributed by atoms with van der Waals surface area (Å²) in [6.45, 7) is 10.6. The molecule has 0 unspecified atom stereocenters. The Morgan fingerprint density at radius 1 is 0.973 bits per heavy atom. The van der Waals surface area contributed by atoms with Crippen LogP contribution in [-0.2, 0) is 11.2 Å². The first-order valence-corrected chi connectivity index (χ1v) is 12.9. The first kappa shape index (κ1) is 24.6. The van der Waals surface area contributed by atoms with Crippen molar-refractivity contribution in [3.63, 3.8) is 0 Å². The maximum atomic E-state index is 11.7. The third-order valence-corrected chi connectivity index (χ3v) is 7.06. The van der Waals surface area contributed by atoms with E-state index in [-0.39, 0.29) is 5.91 Å². The number of carbonyl (C=O) groups excluding carboxylic acids is 1. The molecule has 5 rings (SSSR count). The number of anilines is 2. The largest absolute Gasteiger partial charge is 0.368 e. The average molecular weight is 496 g/mol. The first-order valence-electron chi connectivity index (χ1n) is 12.9. The number of piperazine rings is 1. The van der Waals surface area contributed by atoms with Crippen molar-refractivity contribution in [2.24, 2.45) is 0 Å². The maximum absolute atomic E-state index is 11.7. The van der Waals surface area contributed by atoms with Gasteiger partial charge in [0.1, 0.15) is 12.1 Å². The van der Waals surface area contributed by atoms with E-state index in [1.165, 1.54) is 5.56 Å². The quantitative estimate of drug-likeness (QED) is 0.381. The standard InChI is InChI=1S/C29H33N7O/c1-4-34(12-10-23-5-8-27(31-19-23)24-9-11-30-21(2)17-24)29-26-7-6-25(18-28(26)32-20-33-29)36-15-13-35(14-16-36)22(3)37/h5-9,11,17-20H,4,10,12-16H2,1-3H3. The number of carbonyl (C=O) groups is 1. The molecular formula is C29H33N7O. The highest BCUT2D eigenvalue weighted by Crippen LogP contribution is 2.28. The van der Waals surface area contributed by atoms with Crippen LogP contribution in [0.2, 0.25) is 0 Å². The van der Waals surface area contributed by atoms with E-state index in [2.05, 4.69) is 73.1 Å². The van der Waals surface area contributed by atoms with Gasteiger partial charge in [-0.05, 0) is 62.2 Å². The summed E-state index contributed by atoms with van der Waals surface area (Å²) < 4.78 is 0. The summed E-state index contributed by atoms with van der Waals surface area (Å²) in [5.41, 5.74) is 6.30. The number of pyridine rings is 2. The summed E-state index contributed by atoms with van der Waals surface area (Å²) in [5.74, 6) is 1.10. The third-order valence-electron chi connectivity index (χ3n) is 7.06. The van der Waals surface area contributed by atoms with Crippen molar-refractivity contribution in [2.45, 2.75) is 27.2 Å². The van der Waals surface area contributed by atoms with Crippen LogP contribution in [0.4, 0.5) is 11.5 Å². The second-order valence-electron chi connectivity index (χ2n) is 9.46. The van der Waals surface area contributed by atoms with E-state index in [0.29, 0.717) is 0 Å². The molecule has 3 aromatic heterocycles. The van der Waals surface area contributed by atoms with Gasteiger partial charge >= 0.3 is 0 Å². The Hall–Kier alpha value is -4.07. The van der Waals surface area contributed by atoms with Gasteiger partial charge in [-0.2, -0.15) is 0 Å². The van der Waals surface area contributed by atoms with Crippen LogP contribution in [0.5, 0.6) is 0 Å². The number of aryl methyl sites for hydroxylation is 1. The highest BCUT2D eigenvalue weighted by atomic mass is 16.2. The number of amides is 1. The lowest BCUT2D eigenvalue weighted by Gasteiger charge is -2.35. The van der Waals surface area contributed by atoms with E-state index in [0.717, 1.165) is 85.0 Å². The van der Waals surface area contributed by atoms with E-state index in [4.69, 9.17) is 0 Å². The Morgan fingerprint density at radius 3 is 2.51 bits per heavy atom. The van der Waals surface area contributed by atoms with Gasteiger partial charge in [-0.1, -0.05) is 6.07 Å². The number of aromatic nitrogens is 4. The molecule has 0 N–H and O–H groups in total. The van der Waals surface area contributed by atoms with Gasteiger partial charge in [-0.25, -0.2) is 9.97 Å². The second-order valence-corrected chi connectivity index (χ2v) is 9.46. The minimum atomic E-state index is 0.144. The molecule has 0 saturated carbocycles. The van der Waals surface area contributed by atoms with Gasteiger partial charge in [-0.15, -0.1) is 0 Å². The molecule has 1 aromatic carbocycles. The van der Waals surface area contributed by atoms with Crippen LogP contribution >= 0.6 is 0 Å². The van der Waals surface area contributed by atoms with Gasteiger partial charge in [0.15, 0.2) is 0 Å². The highest BCUT2D eigenvalue weighted by Gasteiger charge is 2.20. The Labute approximate surface area is 218 Å². The molecule has 1 aliphatic rings. The lowest BCUT2D eigenvalue weighted by Crippen LogP contribution is -2.48. The smallest absolute Gasteiger partial charge is 0.219 e. The predicted molar refractivity (Wildman–Crippen MR) is 148 cm³/mol. The normalized spacial score (nSPS) is 13.7. The van der Waals surface area contributed by atoms with Crippen LogP contribution in [0.15, 0.2) is 61.2 Å². The van der Waals surface area contributed by atoms with E-state index in [9.17, 15) is 4.79 Å². The Morgan fingerprint density at radius 2 is 1.81 bits per heavy atom. The minimum absolute atomic E-state index is 0.144. The van der Waals surface area contributed by atoms with Crippen LogP contribution in [0, 0.1) is 6.92 Å². The molecule has 0 radical (unpaired) electrons. The molecule has 0 atom stereocenters. The molecule has 1 fully saturated rings. The average Bonchev–Trinajstić information content (AvgIpc) is 2.93. The molecule has 0 bridgehead atoms. The van der Waals surface area contributed by atoms with Gasteiger partial charge in [0.25, 0.3) is 0 Å². The number of nitrogens with zero attached hydrogens (tertiary/aromatic N) is 7. The topological polar surface area (TPSA) is 78.4 Å². The van der Waals surface area contributed by atoms with Crippen LogP contribution in [0.3, 0.4) is 0 Å². The highest BCUT2D eigenvalue weighted by molar-refractivity contribution is 5.91. The van der Waals surface area contributed by atoms with Crippen molar-refractivity contribution in [3.8, 4) is 11.3 Å². The molecular weight excluding hydrogens is 462 g/mol. The van der Waals surface area contributed by atoms with E-state index in [1.807, 2.05) is 30.3 Å². The first-order chi connectivity index (χ1) is 18.0. The van der Waals surface area contributed by atoms with Gasteiger partial charge in [-0.3, -0.25) is 14.8 Å². The van der Waals surface area contributed by atoms with Crippen LogP contribution in [0.1, 0.15) is 25.1 Å². The van der Waals surface area contributed by atoms with Crippen molar-refractivity contribution in [3.05, 3.63) is 72.4 Å². The predicted octanol–water partition coefficient (Wildman–Crippen LogP) is 4.13. The number of hydrogen-bond donors (Lipinski definition) is 0. The fraction of sp³-hybridized carbons (Fsp3) is 0.345. The molecule has 8 nitrogen and oxygen atoms in total. The number of hydrogen-bond acceptors (Lipinski definition) is 7. The number of likely N-dealkylation sites (N-methyl/N-ethyl adjacent to an activating group) is 1. The molecule has 0 aliphatic carbocycles. The zero-order chi connectivity index (χ0) is 25.8. The van der Waals surface area contributed by atoms with Crippen LogP contribution < -0.4 is 9.80 Å². The molecule has 4 heterocycles. The van der Waals surface area contributed by atoms with E-state index < -0.39 is 0 Å². The number of benzene rings is 1. The SMILES string of the molecule is CCN(CCc1ccc(-c2ccnc(C)c2)nc1)c1ncnc2cc(N3CCN(C(C)=O)CC3)ccc12.